The van der Waals surface area contributed by atoms with Crippen molar-refractivity contribution in [1.29, 1.82) is 0 Å². The van der Waals surface area contributed by atoms with Gasteiger partial charge < -0.3 is 9.47 Å². The molecule has 1 fully saturated rings. The van der Waals surface area contributed by atoms with Crippen molar-refractivity contribution in [3.8, 4) is 11.5 Å². The lowest BCUT2D eigenvalue weighted by molar-refractivity contribution is 0.0932. The molecule has 0 spiro atoms. The molecule has 1 saturated heterocycles. The molecular weight excluding hydrogens is 266 g/mol. The summed E-state index contributed by atoms with van der Waals surface area (Å²) in [5, 5.41) is 0. The zero-order chi connectivity index (χ0) is 14.5. The maximum absolute atomic E-state index is 11.9. The van der Waals surface area contributed by atoms with Gasteiger partial charge in [0.25, 0.3) is 0 Å². The predicted octanol–water partition coefficient (Wildman–Crippen LogP) is 2.91. The highest BCUT2D eigenvalue weighted by atomic mass is 16.5. The predicted molar refractivity (Wildman–Crippen MR) is 81.3 cm³/mol. The first-order valence-corrected chi connectivity index (χ1v) is 7.98. The Labute approximate surface area is 126 Å². The zero-order valence-corrected chi connectivity index (χ0v) is 12.5. The van der Waals surface area contributed by atoms with Crippen LogP contribution in [-0.4, -0.2) is 43.5 Å². The van der Waals surface area contributed by atoms with Gasteiger partial charge in [-0.25, -0.2) is 0 Å². The van der Waals surface area contributed by atoms with Crippen LogP contribution in [0.1, 0.15) is 42.5 Å². The average Bonchev–Trinajstić information content (AvgIpc) is 2.77. The van der Waals surface area contributed by atoms with Crippen molar-refractivity contribution in [3.05, 3.63) is 23.8 Å². The van der Waals surface area contributed by atoms with Crippen LogP contribution >= 0.6 is 0 Å². The topological polar surface area (TPSA) is 38.8 Å². The van der Waals surface area contributed by atoms with Gasteiger partial charge in [0.15, 0.2) is 5.78 Å². The number of ether oxygens (including phenoxy) is 2. The van der Waals surface area contributed by atoms with Crippen molar-refractivity contribution in [3.63, 3.8) is 0 Å². The van der Waals surface area contributed by atoms with E-state index in [2.05, 4.69) is 4.90 Å². The third kappa shape index (κ3) is 3.76. The van der Waals surface area contributed by atoms with Crippen LogP contribution in [0.3, 0.4) is 0 Å². The fourth-order valence-electron chi connectivity index (χ4n) is 2.98. The summed E-state index contributed by atoms with van der Waals surface area (Å²) in [5.41, 5.74) is 0.661. The Kier molecular flexibility index (Phi) is 4.76. The molecule has 114 valence electrons. The number of Topliss-reactive ketones (excluding diaryl/α,β-unsaturated/α-hetero) is 1. The number of ketones is 1. The first-order valence-electron chi connectivity index (χ1n) is 7.98. The lowest BCUT2D eigenvalue weighted by Crippen LogP contribution is -2.29. The Morgan fingerprint density at radius 2 is 1.95 bits per heavy atom. The number of hydrogen-bond acceptors (Lipinski definition) is 4. The number of likely N-dealkylation sites (tertiary alicyclic amines) is 1. The maximum Gasteiger partial charge on any atom is 0.170 e. The van der Waals surface area contributed by atoms with E-state index in [0.717, 1.165) is 12.3 Å². The molecule has 0 N–H and O–H groups in total. The monoisotopic (exact) mass is 289 g/mol. The molecule has 2 heterocycles. The molecule has 4 heteroatoms. The normalized spacial score (nSPS) is 19.5. The first kappa shape index (κ1) is 14.4. The summed E-state index contributed by atoms with van der Waals surface area (Å²) >= 11 is 0. The molecule has 21 heavy (non-hydrogen) atoms. The van der Waals surface area contributed by atoms with Crippen LogP contribution in [0.2, 0.25) is 0 Å². The van der Waals surface area contributed by atoms with Crippen LogP contribution in [0.5, 0.6) is 11.5 Å². The van der Waals surface area contributed by atoms with E-state index in [1.807, 2.05) is 18.2 Å². The lowest BCUT2D eigenvalue weighted by atomic mass is 10.1. The van der Waals surface area contributed by atoms with E-state index in [4.69, 9.17) is 9.47 Å². The number of carbonyl (C=O) groups excluding carboxylic acids is 1. The van der Waals surface area contributed by atoms with Gasteiger partial charge in [0.1, 0.15) is 18.1 Å². The van der Waals surface area contributed by atoms with E-state index in [0.29, 0.717) is 30.9 Å². The second-order valence-corrected chi connectivity index (χ2v) is 5.78. The highest BCUT2D eigenvalue weighted by molar-refractivity contribution is 5.99. The molecule has 2 aliphatic rings. The molecule has 0 aromatic heterocycles. The van der Waals surface area contributed by atoms with Crippen LogP contribution in [0, 0.1) is 0 Å². The maximum atomic E-state index is 11.9. The summed E-state index contributed by atoms with van der Waals surface area (Å²) in [7, 11) is 0. The summed E-state index contributed by atoms with van der Waals surface area (Å²) < 4.78 is 11.3. The summed E-state index contributed by atoms with van der Waals surface area (Å²) in [6, 6.07) is 5.55. The largest absolute Gasteiger partial charge is 0.492 e. The van der Waals surface area contributed by atoms with Crippen LogP contribution in [0.25, 0.3) is 0 Å². The van der Waals surface area contributed by atoms with Gasteiger partial charge in [0, 0.05) is 13.0 Å². The van der Waals surface area contributed by atoms with Crippen LogP contribution < -0.4 is 9.47 Å². The third-order valence-electron chi connectivity index (χ3n) is 4.21. The van der Waals surface area contributed by atoms with E-state index < -0.39 is 0 Å². The Balaban J connectivity index is 1.53. The Bertz CT molecular complexity index is 493. The van der Waals surface area contributed by atoms with Crippen LogP contribution in [0.15, 0.2) is 18.2 Å². The SMILES string of the molecule is O=C1CCOc2ccc(OCCN3CCCCCC3)cc21. The van der Waals surface area contributed by atoms with Crippen molar-refractivity contribution in [2.24, 2.45) is 0 Å². The molecule has 2 aliphatic heterocycles. The van der Waals surface area contributed by atoms with Crippen LogP contribution in [-0.2, 0) is 0 Å². The molecule has 3 rings (SSSR count). The van der Waals surface area contributed by atoms with Gasteiger partial charge in [-0.2, -0.15) is 0 Å². The lowest BCUT2D eigenvalue weighted by Gasteiger charge is -2.20. The minimum Gasteiger partial charge on any atom is -0.492 e. The summed E-state index contributed by atoms with van der Waals surface area (Å²) in [5.74, 6) is 1.60. The van der Waals surface area contributed by atoms with Crippen molar-refractivity contribution in [2.75, 3.05) is 32.8 Å². The molecule has 0 atom stereocenters. The Morgan fingerprint density at radius 1 is 1.14 bits per heavy atom. The van der Waals surface area contributed by atoms with Gasteiger partial charge >= 0.3 is 0 Å². The molecule has 4 nitrogen and oxygen atoms in total. The van der Waals surface area contributed by atoms with Gasteiger partial charge in [-0.3, -0.25) is 9.69 Å². The smallest absolute Gasteiger partial charge is 0.170 e. The standard InChI is InChI=1S/C17H23NO3/c19-16-7-11-21-17-6-5-14(13-15(16)17)20-12-10-18-8-3-1-2-4-9-18/h5-6,13H,1-4,7-12H2. The molecule has 0 amide bonds. The Morgan fingerprint density at radius 3 is 2.76 bits per heavy atom. The minimum atomic E-state index is 0.147. The van der Waals surface area contributed by atoms with E-state index >= 15 is 0 Å². The molecule has 0 unspecified atom stereocenters. The molecule has 0 aliphatic carbocycles. The molecular formula is C17H23NO3. The molecule has 0 bridgehead atoms. The Hall–Kier alpha value is -1.55. The highest BCUT2D eigenvalue weighted by Gasteiger charge is 2.19. The van der Waals surface area contributed by atoms with Gasteiger partial charge in [0.05, 0.1) is 12.2 Å². The van der Waals surface area contributed by atoms with E-state index in [1.54, 1.807) is 0 Å². The van der Waals surface area contributed by atoms with Crippen molar-refractivity contribution in [1.82, 2.24) is 4.90 Å². The van der Waals surface area contributed by atoms with Crippen molar-refractivity contribution in [2.45, 2.75) is 32.1 Å². The van der Waals surface area contributed by atoms with Gasteiger partial charge in [-0.1, -0.05) is 12.8 Å². The van der Waals surface area contributed by atoms with E-state index in [9.17, 15) is 4.79 Å². The summed E-state index contributed by atoms with van der Waals surface area (Å²) in [6.45, 7) is 4.48. The summed E-state index contributed by atoms with van der Waals surface area (Å²) in [4.78, 5) is 14.3. The molecule has 1 aromatic rings. The van der Waals surface area contributed by atoms with E-state index in [1.165, 1.54) is 38.8 Å². The highest BCUT2D eigenvalue weighted by Crippen LogP contribution is 2.28. The van der Waals surface area contributed by atoms with Gasteiger partial charge in [-0.15, -0.1) is 0 Å². The number of nitrogens with zero attached hydrogens (tertiary/aromatic N) is 1. The fourth-order valence-corrected chi connectivity index (χ4v) is 2.98. The second-order valence-electron chi connectivity index (χ2n) is 5.78. The fraction of sp³-hybridized carbons (Fsp3) is 0.588. The zero-order valence-electron chi connectivity index (χ0n) is 12.5. The minimum absolute atomic E-state index is 0.147. The number of fused-ring (bicyclic) bond motifs is 1. The number of rotatable bonds is 4. The molecule has 0 saturated carbocycles. The molecule has 1 aromatic carbocycles. The van der Waals surface area contributed by atoms with Gasteiger partial charge in [-0.05, 0) is 44.1 Å². The third-order valence-corrected chi connectivity index (χ3v) is 4.21. The average molecular weight is 289 g/mol. The number of benzene rings is 1. The second kappa shape index (κ2) is 6.94. The van der Waals surface area contributed by atoms with Crippen molar-refractivity contribution < 1.29 is 14.3 Å². The van der Waals surface area contributed by atoms with Crippen molar-refractivity contribution >= 4 is 5.78 Å². The summed E-state index contributed by atoms with van der Waals surface area (Å²) in [6.07, 6.45) is 5.76. The quantitative estimate of drug-likeness (QED) is 0.854. The van der Waals surface area contributed by atoms with Crippen LogP contribution in [0.4, 0.5) is 0 Å². The molecule has 0 radical (unpaired) electrons. The first-order chi connectivity index (χ1) is 10.3. The van der Waals surface area contributed by atoms with Gasteiger partial charge in [0.2, 0.25) is 0 Å². The number of carbonyl (C=O) groups is 1. The number of hydrogen-bond donors (Lipinski definition) is 0. The van der Waals surface area contributed by atoms with E-state index in [-0.39, 0.29) is 5.78 Å².